The summed E-state index contributed by atoms with van der Waals surface area (Å²) in [6.45, 7) is 1.74. The first kappa shape index (κ1) is 9.06. The molecule has 4 heteroatoms. The molecule has 1 aromatic heterocycles. The van der Waals surface area contributed by atoms with E-state index >= 15 is 0 Å². The molecule has 1 rings (SSSR count). The Balaban J connectivity index is 2.58. The first-order valence-electron chi connectivity index (χ1n) is 3.60. The molecule has 0 aromatic carbocycles. The molecule has 0 radical (unpaired) electrons. The van der Waals surface area contributed by atoms with E-state index in [4.69, 9.17) is 0 Å². The van der Waals surface area contributed by atoms with E-state index in [2.05, 4.69) is 22.9 Å². The highest BCUT2D eigenvalue weighted by molar-refractivity contribution is 7.96. The largest absolute Gasteiger partial charge is 0.360 e. The Kier molecular flexibility index (Phi) is 3.10. The second kappa shape index (κ2) is 4.11. The van der Waals surface area contributed by atoms with Crippen LogP contribution in [0, 0.1) is 0 Å². The van der Waals surface area contributed by atoms with Crippen molar-refractivity contribution in [2.24, 2.45) is 0 Å². The SMILES string of the molecule is CC(Nc1ccccn1)C(=O)S. The van der Waals surface area contributed by atoms with Crippen LogP contribution in [0.3, 0.4) is 0 Å². The van der Waals surface area contributed by atoms with Gasteiger partial charge in [-0.2, -0.15) is 0 Å². The highest BCUT2D eigenvalue weighted by atomic mass is 32.1. The van der Waals surface area contributed by atoms with Gasteiger partial charge in [0.15, 0.2) is 0 Å². The van der Waals surface area contributed by atoms with Crippen LogP contribution in [0.4, 0.5) is 5.82 Å². The van der Waals surface area contributed by atoms with Crippen LogP contribution in [0.15, 0.2) is 24.4 Å². The fraction of sp³-hybridized carbons (Fsp3) is 0.250. The third-order valence-electron chi connectivity index (χ3n) is 1.40. The predicted octanol–water partition coefficient (Wildman–Crippen LogP) is 1.34. The molecule has 12 heavy (non-hydrogen) atoms. The molecule has 0 aliphatic heterocycles. The number of anilines is 1. The lowest BCUT2D eigenvalue weighted by Crippen LogP contribution is -2.22. The standard InChI is InChI=1S/C8H10N2OS/c1-6(8(11)12)10-7-4-2-3-5-9-7/h2-6H,1H3,(H,9,10)(H,11,12). The molecule has 0 saturated carbocycles. The van der Waals surface area contributed by atoms with E-state index in [-0.39, 0.29) is 11.2 Å². The molecule has 1 atom stereocenters. The van der Waals surface area contributed by atoms with E-state index in [1.807, 2.05) is 12.1 Å². The van der Waals surface area contributed by atoms with Gasteiger partial charge in [-0.25, -0.2) is 4.98 Å². The number of pyridine rings is 1. The molecule has 0 spiro atoms. The number of carbonyl (C=O) groups is 1. The van der Waals surface area contributed by atoms with Gasteiger partial charge in [0.2, 0.25) is 5.12 Å². The number of hydrogen-bond acceptors (Lipinski definition) is 3. The fourth-order valence-corrected chi connectivity index (χ4v) is 0.796. The molecule has 0 fully saturated rings. The molecule has 3 nitrogen and oxygen atoms in total. The minimum Gasteiger partial charge on any atom is -0.360 e. The summed E-state index contributed by atoms with van der Waals surface area (Å²) in [4.78, 5) is 14.7. The number of nitrogens with zero attached hydrogens (tertiary/aromatic N) is 1. The zero-order chi connectivity index (χ0) is 8.97. The Morgan fingerprint density at radius 3 is 2.92 bits per heavy atom. The van der Waals surface area contributed by atoms with E-state index in [0.717, 1.165) is 0 Å². The van der Waals surface area contributed by atoms with Crippen LogP contribution in [-0.2, 0) is 4.79 Å². The van der Waals surface area contributed by atoms with Gasteiger partial charge in [-0.1, -0.05) is 6.07 Å². The van der Waals surface area contributed by atoms with Crippen LogP contribution < -0.4 is 5.32 Å². The van der Waals surface area contributed by atoms with Crippen molar-refractivity contribution in [3.63, 3.8) is 0 Å². The van der Waals surface area contributed by atoms with Crippen molar-refractivity contribution in [3.8, 4) is 0 Å². The molecule has 1 N–H and O–H groups in total. The smallest absolute Gasteiger partial charge is 0.207 e. The van der Waals surface area contributed by atoms with E-state index in [1.54, 1.807) is 19.2 Å². The molecule has 0 amide bonds. The summed E-state index contributed by atoms with van der Waals surface area (Å²) in [5.41, 5.74) is 0. The maximum absolute atomic E-state index is 10.7. The summed E-state index contributed by atoms with van der Waals surface area (Å²) in [6, 6.07) is 5.17. The third-order valence-corrected chi connectivity index (χ3v) is 1.79. The molecule has 0 bridgehead atoms. The molecule has 1 heterocycles. The number of rotatable bonds is 3. The monoisotopic (exact) mass is 182 g/mol. The minimum absolute atomic E-state index is 0.194. The minimum atomic E-state index is -0.303. The van der Waals surface area contributed by atoms with Crippen molar-refractivity contribution in [3.05, 3.63) is 24.4 Å². The van der Waals surface area contributed by atoms with Crippen molar-refractivity contribution in [1.29, 1.82) is 0 Å². The lowest BCUT2D eigenvalue weighted by atomic mass is 10.3. The zero-order valence-electron chi connectivity index (χ0n) is 6.69. The van der Waals surface area contributed by atoms with Crippen molar-refractivity contribution in [2.75, 3.05) is 5.32 Å². The summed E-state index contributed by atoms with van der Waals surface area (Å²) >= 11 is 3.69. The van der Waals surface area contributed by atoms with Crippen molar-refractivity contribution >= 4 is 23.6 Å². The highest BCUT2D eigenvalue weighted by Gasteiger charge is 2.07. The van der Waals surface area contributed by atoms with Gasteiger partial charge in [0.05, 0.1) is 6.04 Å². The first-order chi connectivity index (χ1) is 5.70. The normalized spacial score (nSPS) is 12.2. The maximum Gasteiger partial charge on any atom is 0.207 e. The van der Waals surface area contributed by atoms with E-state index in [9.17, 15) is 4.79 Å². The van der Waals surface area contributed by atoms with E-state index in [0.29, 0.717) is 5.82 Å². The van der Waals surface area contributed by atoms with Crippen LogP contribution in [0.25, 0.3) is 0 Å². The Hall–Kier alpha value is -1.03. The molecule has 0 aliphatic rings. The van der Waals surface area contributed by atoms with Gasteiger partial charge < -0.3 is 5.32 Å². The van der Waals surface area contributed by atoms with E-state index < -0.39 is 0 Å². The highest BCUT2D eigenvalue weighted by Crippen LogP contribution is 2.03. The van der Waals surface area contributed by atoms with Gasteiger partial charge >= 0.3 is 0 Å². The maximum atomic E-state index is 10.7. The second-order valence-electron chi connectivity index (χ2n) is 2.42. The molecule has 64 valence electrons. The Morgan fingerprint density at radius 2 is 2.42 bits per heavy atom. The summed E-state index contributed by atoms with van der Waals surface area (Å²) in [7, 11) is 0. The van der Waals surface area contributed by atoms with Crippen molar-refractivity contribution < 1.29 is 4.79 Å². The second-order valence-corrected chi connectivity index (χ2v) is 2.86. The molecule has 0 aliphatic carbocycles. The van der Waals surface area contributed by atoms with Crippen LogP contribution in [0.2, 0.25) is 0 Å². The molecule has 1 aromatic rings. The van der Waals surface area contributed by atoms with Crippen molar-refractivity contribution in [2.45, 2.75) is 13.0 Å². The first-order valence-corrected chi connectivity index (χ1v) is 4.05. The molecule has 0 saturated heterocycles. The van der Waals surface area contributed by atoms with Crippen LogP contribution in [0.5, 0.6) is 0 Å². The Bertz CT molecular complexity index is 263. The summed E-state index contributed by atoms with van der Waals surface area (Å²) in [5, 5.41) is 2.71. The fourth-order valence-electron chi connectivity index (χ4n) is 0.732. The topological polar surface area (TPSA) is 42.0 Å². The Morgan fingerprint density at radius 1 is 1.67 bits per heavy atom. The third kappa shape index (κ3) is 2.54. The van der Waals surface area contributed by atoms with Crippen LogP contribution >= 0.6 is 12.6 Å². The number of nitrogens with one attached hydrogen (secondary N) is 1. The van der Waals surface area contributed by atoms with Crippen molar-refractivity contribution in [1.82, 2.24) is 4.98 Å². The van der Waals surface area contributed by atoms with Gasteiger partial charge in [0, 0.05) is 6.20 Å². The summed E-state index contributed by atoms with van der Waals surface area (Å²) in [6.07, 6.45) is 1.66. The quantitative estimate of drug-likeness (QED) is 0.693. The molecule has 1 unspecified atom stereocenters. The van der Waals surface area contributed by atoms with Gasteiger partial charge in [0.25, 0.3) is 0 Å². The van der Waals surface area contributed by atoms with Gasteiger partial charge in [-0.3, -0.25) is 4.79 Å². The zero-order valence-corrected chi connectivity index (χ0v) is 7.58. The summed E-state index contributed by atoms with van der Waals surface area (Å²) < 4.78 is 0. The van der Waals surface area contributed by atoms with E-state index in [1.165, 1.54) is 0 Å². The number of hydrogen-bond donors (Lipinski definition) is 2. The average Bonchev–Trinajstić information content (AvgIpc) is 2.06. The van der Waals surface area contributed by atoms with Gasteiger partial charge in [-0.15, -0.1) is 12.6 Å². The number of thiol groups is 1. The lowest BCUT2D eigenvalue weighted by Gasteiger charge is -2.09. The Labute approximate surface area is 76.6 Å². The molecular weight excluding hydrogens is 172 g/mol. The number of aromatic nitrogens is 1. The summed E-state index contributed by atoms with van der Waals surface area (Å²) in [5.74, 6) is 0.687. The van der Waals surface area contributed by atoms with Gasteiger partial charge in [-0.05, 0) is 19.1 Å². The molecular formula is C8H10N2OS. The lowest BCUT2D eigenvalue weighted by molar-refractivity contribution is -0.111. The van der Waals surface area contributed by atoms with Crippen LogP contribution in [0.1, 0.15) is 6.92 Å². The predicted molar refractivity (Wildman–Crippen MR) is 51.3 cm³/mol. The average molecular weight is 182 g/mol. The van der Waals surface area contributed by atoms with Crippen LogP contribution in [-0.4, -0.2) is 16.1 Å². The van der Waals surface area contributed by atoms with Gasteiger partial charge in [0.1, 0.15) is 5.82 Å². The number of carbonyl (C=O) groups excluding carboxylic acids is 1.